The van der Waals surface area contributed by atoms with E-state index in [-0.39, 0.29) is 41.3 Å². The molecule has 1 atom stereocenters. The summed E-state index contributed by atoms with van der Waals surface area (Å²) in [7, 11) is 1.63. The second-order valence-electron chi connectivity index (χ2n) is 11.9. The van der Waals surface area contributed by atoms with Gasteiger partial charge in [-0.15, -0.1) is 0 Å². The first kappa shape index (κ1) is 30.2. The Kier molecular flexibility index (Phi) is 9.13. The lowest BCUT2D eigenvalue weighted by atomic mass is 9.72. The number of amides is 2. The van der Waals surface area contributed by atoms with Crippen LogP contribution in [0.4, 0.5) is 10.1 Å². The first-order chi connectivity index (χ1) is 19.5. The smallest absolute Gasteiger partial charge is 0.303 e. The first-order valence-corrected chi connectivity index (χ1v) is 14.1. The van der Waals surface area contributed by atoms with Crippen LogP contribution in [0.2, 0.25) is 0 Å². The number of fused-ring (bicyclic) bond motifs is 2. The third kappa shape index (κ3) is 6.43. The highest BCUT2D eigenvalue weighted by Crippen LogP contribution is 2.43. The van der Waals surface area contributed by atoms with E-state index in [4.69, 9.17) is 15.1 Å². The molecule has 3 aliphatic rings. The van der Waals surface area contributed by atoms with Crippen molar-refractivity contribution in [3.8, 4) is 6.07 Å². The van der Waals surface area contributed by atoms with Crippen LogP contribution in [-0.2, 0) is 44.0 Å². The van der Waals surface area contributed by atoms with Crippen LogP contribution in [0.1, 0.15) is 80.3 Å². The Morgan fingerprint density at radius 3 is 2.54 bits per heavy atom. The minimum atomic E-state index is -0.859. The van der Waals surface area contributed by atoms with Crippen LogP contribution in [0, 0.1) is 29.0 Å². The van der Waals surface area contributed by atoms with Crippen LogP contribution < -0.4 is 5.32 Å². The minimum Gasteiger partial charge on any atom is -0.481 e. The molecule has 1 aliphatic heterocycles. The molecule has 0 aromatic heterocycles. The summed E-state index contributed by atoms with van der Waals surface area (Å²) >= 11 is 0. The van der Waals surface area contributed by atoms with Crippen molar-refractivity contribution in [2.45, 2.75) is 77.4 Å². The number of aliphatic carboxylic acids is 1. The van der Waals surface area contributed by atoms with Crippen LogP contribution in [0.5, 0.6) is 0 Å². The quantitative estimate of drug-likeness (QED) is 0.472. The van der Waals surface area contributed by atoms with E-state index >= 15 is 4.39 Å². The van der Waals surface area contributed by atoms with Gasteiger partial charge in [0.2, 0.25) is 5.91 Å². The zero-order chi connectivity index (χ0) is 29.9. The molecule has 2 aromatic rings. The fourth-order valence-corrected chi connectivity index (χ4v) is 6.52. The summed E-state index contributed by atoms with van der Waals surface area (Å²) in [6.45, 7) is 6.32. The van der Waals surface area contributed by atoms with Gasteiger partial charge in [-0.05, 0) is 83.4 Å². The van der Waals surface area contributed by atoms with Gasteiger partial charge < -0.3 is 20.1 Å². The molecule has 0 saturated heterocycles. The summed E-state index contributed by atoms with van der Waals surface area (Å²) in [5.74, 6) is -1.98. The van der Waals surface area contributed by atoms with Crippen molar-refractivity contribution < 1.29 is 28.6 Å². The number of nitrogens with one attached hydrogen (secondary N) is 1. The molecule has 218 valence electrons. The summed E-state index contributed by atoms with van der Waals surface area (Å²) in [4.78, 5) is 40.0. The fourth-order valence-electron chi connectivity index (χ4n) is 6.52. The van der Waals surface area contributed by atoms with Crippen molar-refractivity contribution in [1.29, 1.82) is 5.26 Å². The molecule has 2 N–H and O–H groups in total. The molecule has 2 aliphatic carbocycles. The standard InChI is InChI=1S/C30H35FN2O5.C2H3N/c1-30(2)8-6-20-14-22(15-24(31)26(20)30)32-28(36)27-23-5-4-17(16-38-3)10-19(23)7-9-33(27)29(37)21-11-18(12-21)13-25(34)35;1-2-3/h4-5,10,14-15,18,21,27H,6-9,11-13,16H2,1-3H3,(H,32,36)(H,34,35);1H3/t18?,21?,27-;/m1./s1. The molecule has 1 saturated carbocycles. The summed E-state index contributed by atoms with van der Waals surface area (Å²) in [6, 6.07) is 9.93. The van der Waals surface area contributed by atoms with E-state index in [9.17, 15) is 14.4 Å². The number of hydrogen-bond donors (Lipinski definition) is 2. The molecule has 0 bridgehead atoms. The average Bonchev–Trinajstić information content (AvgIpc) is 3.19. The molecule has 0 spiro atoms. The number of ether oxygens (including phenoxy) is 1. The van der Waals surface area contributed by atoms with Crippen molar-refractivity contribution in [3.63, 3.8) is 0 Å². The highest BCUT2D eigenvalue weighted by molar-refractivity contribution is 5.99. The predicted molar refractivity (Wildman–Crippen MR) is 151 cm³/mol. The molecule has 9 heteroatoms. The Hall–Kier alpha value is -3.77. The Morgan fingerprint density at radius 2 is 1.88 bits per heavy atom. The number of anilines is 1. The number of rotatable bonds is 7. The number of carbonyl (C=O) groups excluding carboxylic acids is 2. The average molecular weight is 564 g/mol. The van der Waals surface area contributed by atoms with E-state index in [2.05, 4.69) is 5.32 Å². The number of nitrogens with zero attached hydrogens (tertiary/aromatic N) is 2. The van der Waals surface area contributed by atoms with Crippen LogP contribution in [-0.4, -0.2) is 41.4 Å². The highest BCUT2D eigenvalue weighted by atomic mass is 19.1. The van der Waals surface area contributed by atoms with E-state index in [1.807, 2.05) is 38.1 Å². The van der Waals surface area contributed by atoms with Crippen LogP contribution >= 0.6 is 0 Å². The molecule has 1 fully saturated rings. The maximum Gasteiger partial charge on any atom is 0.303 e. The van der Waals surface area contributed by atoms with Crippen molar-refractivity contribution in [2.75, 3.05) is 19.0 Å². The van der Waals surface area contributed by atoms with Crippen molar-refractivity contribution in [3.05, 3.63) is 64.0 Å². The van der Waals surface area contributed by atoms with E-state index in [0.29, 0.717) is 43.7 Å². The lowest BCUT2D eigenvalue weighted by Gasteiger charge is -2.42. The van der Waals surface area contributed by atoms with E-state index in [0.717, 1.165) is 35.1 Å². The monoisotopic (exact) mass is 563 g/mol. The van der Waals surface area contributed by atoms with Gasteiger partial charge in [0.05, 0.1) is 12.7 Å². The van der Waals surface area contributed by atoms with Crippen LogP contribution in [0.3, 0.4) is 0 Å². The van der Waals surface area contributed by atoms with Crippen molar-refractivity contribution in [1.82, 2.24) is 4.90 Å². The lowest BCUT2D eigenvalue weighted by Crippen LogP contribution is -2.50. The van der Waals surface area contributed by atoms with Gasteiger partial charge in [-0.3, -0.25) is 14.4 Å². The maximum atomic E-state index is 15.1. The largest absolute Gasteiger partial charge is 0.481 e. The number of halogens is 1. The number of nitriles is 1. The van der Waals surface area contributed by atoms with Crippen molar-refractivity contribution in [2.24, 2.45) is 11.8 Å². The molecule has 8 nitrogen and oxygen atoms in total. The number of carboxylic acids is 1. The molecule has 41 heavy (non-hydrogen) atoms. The van der Waals surface area contributed by atoms with Gasteiger partial charge >= 0.3 is 5.97 Å². The molecular formula is C32H38FN3O5. The zero-order valence-electron chi connectivity index (χ0n) is 24.1. The zero-order valence-corrected chi connectivity index (χ0v) is 24.1. The highest BCUT2D eigenvalue weighted by Gasteiger charge is 2.43. The SMILES string of the molecule is CC#N.COCc1ccc2c(c1)CCN(C(=O)C1CC(CC(=O)O)C1)[C@H]2C(=O)Nc1cc(F)c2c(c1)CCC2(C)C. The summed E-state index contributed by atoms with van der Waals surface area (Å²) in [5.41, 5.74) is 4.50. The fraction of sp³-hybridized carbons (Fsp3) is 0.500. The Bertz CT molecular complexity index is 1380. The van der Waals surface area contributed by atoms with Gasteiger partial charge in [0.25, 0.3) is 5.91 Å². The van der Waals surface area contributed by atoms with E-state index in [1.54, 1.807) is 18.1 Å². The molecule has 5 rings (SSSR count). The second kappa shape index (κ2) is 12.4. The molecule has 0 unspecified atom stereocenters. The van der Waals surface area contributed by atoms with Gasteiger partial charge in [-0.2, -0.15) is 5.26 Å². The lowest BCUT2D eigenvalue weighted by molar-refractivity contribution is -0.149. The summed E-state index contributed by atoms with van der Waals surface area (Å²) in [5, 5.41) is 19.3. The number of benzene rings is 2. The summed E-state index contributed by atoms with van der Waals surface area (Å²) < 4.78 is 20.4. The van der Waals surface area contributed by atoms with Crippen LogP contribution in [0.15, 0.2) is 30.3 Å². The van der Waals surface area contributed by atoms with Gasteiger partial charge in [-0.25, -0.2) is 4.39 Å². The number of aryl methyl sites for hydroxylation is 1. The maximum absolute atomic E-state index is 15.1. The number of carboxylic acid groups (broad SMARTS) is 1. The molecule has 2 amide bonds. The topological polar surface area (TPSA) is 120 Å². The number of carbonyl (C=O) groups is 3. The van der Waals surface area contributed by atoms with E-state index in [1.165, 1.54) is 13.0 Å². The Morgan fingerprint density at radius 1 is 1.17 bits per heavy atom. The Labute approximate surface area is 240 Å². The number of hydrogen-bond acceptors (Lipinski definition) is 5. The first-order valence-electron chi connectivity index (χ1n) is 14.1. The van der Waals surface area contributed by atoms with Crippen molar-refractivity contribution >= 4 is 23.5 Å². The van der Waals surface area contributed by atoms with E-state index < -0.39 is 12.0 Å². The summed E-state index contributed by atoms with van der Waals surface area (Å²) in [6.07, 6.45) is 3.29. The van der Waals surface area contributed by atoms with Gasteiger partial charge in [0.15, 0.2) is 0 Å². The molecular weight excluding hydrogens is 525 g/mol. The molecule has 1 heterocycles. The minimum absolute atomic E-state index is 0.0129. The van der Waals surface area contributed by atoms with Gasteiger partial charge in [0, 0.05) is 38.6 Å². The van der Waals surface area contributed by atoms with Gasteiger partial charge in [0.1, 0.15) is 11.9 Å². The third-order valence-electron chi connectivity index (χ3n) is 8.46. The second-order valence-corrected chi connectivity index (χ2v) is 11.9. The Balaban J connectivity index is 0.00000124. The molecule has 2 aromatic carbocycles. The number of methoxy groups -OCH3 is 1. The van der Waals surface area contributed by atoms with Gasteiger partial charge in [-0.1, -0.05) is 32.0 Å². The molecule has 0 radical (unpaired) electrons. The van der Waals surface area contributed by atoms with Crippen LogP contribution in [0.25, 0.3) is 0 Å². The third-order valence-corrected chi connectivity index (χ3v) is 8.46. The normalized spacial score (nSPS) is 21.8. The predicted octanol–water partition coefficient (Wildman–Crippen LogP) is 5.29.